The molecule has 2 heterocycles. The van der Waals surface area contributed by atoms with Crippen molar-refractivity contribution < 1.29 is 9.15 Å². The van der Waals surface area contributed by atoms with Gasteiger partial charge in [-0.15, -0.1) is 11.3 Å². The average molecular weight is 328 g/mol. The first kappa shape index (κ1) is 15.6. The molecule has 120 valence electrons. The van der Waals surface area contributed by atoms with Crippen LogP contribution in [-0.4, -0.2) is 11.7 Å². The summed E-state index contributed by atoms with van der Waals surface area (Å²) in [5.74, 6) is 1.69. The van der Waals surface area contributed by atoms with Crippen LogP contribution in [0.5, 0.6) is 5.75 Å². The summed E-state index contributed by atoms with van der Waals surface area (Å²) in [5.41, 5.74) is 1.97. The molecule has 3 rings (SSSR count). The van der Waals surface area contributed by atoms with Crippen molar-refractivity contribution in [1.82, 2.24) is 4.57 Å². The van der Waals surface area contributed by atoms with Gasteiger partial charge in [-0.2, -0.15) is 0 Å². The van der Waals surface area contributed by atoms with Crippen molar-refractivity contribution in [2.24, 2.45) is 4.99 Å². The summed E-state index contributed by atoms with van der Waals surface area (Å²) in [6.07, 6.45) is 3.95. The summed E-state index contributed by atoms with van der Waals surface area (Å²) in [4.78, 5) is 5.76. The van der Waals surface area contributed by atoms with Gasteiger partial charge in [0.05, 0.1) is 24.8 Å². The Hall–Kier alpha value is -2.27. The van der Waals surface area contributed by atoms with Gasteiger partial charge in [0.2, 0.25) is 0 Å². The minimum Gasteiger partial charge on any atom is -0.497 e. The van der Waals surface area contributed by atoms with E-state index < -0.39 is 0 Å². The molecule has 0 atom stereocenters. The number of rotatable bonds is 6. The van der Waals surface area contributed by atoms with Crippen LogP contribution in [0.2, 0.25) is 0 Å². The van der Waals surface area contributed by atoms with E-state index in [1.54, 1.807) is 24.7 Å². The Bertz CT molecular complexity index is 816. The zero-order valence-electron chi connectivity index (χ0n) is 13.4. The van der Waals surface area contributed by atoms with Crippen molar-refractivity contribution in [2.45, 2.75) is 26.3 Å². The van der Waals surface area contributed by atoms with E-state index in [0.29, 0.717) is 0 Å². The molecule has 0 saturated heterocycles. The van der Waals surface area contributed by atoms with Crippen LogP contribution in [-0.2, 0) is 6.54 Å². The molecule has 23 heavy (non-hydrogen) atoms. The number of aromatic nitrogens is 1. The number of unbranched alkanes of at least 4 members (excludes halogenated alkanes) is 1. The standard InChI is InChI=1S/C18H20N2O2S/c1-3-4-10-20-16(17-9-6-11-22-17)13-23-18(20)19-14-7-5-8-15(12-14)21-2/h5-9,11-13H,3-4,10H2,1-2H3. The lowest BCUT2D eigenvalue weighted by Crippen LogP contribution is -2.15. The number of ether oxygens (including phenoxy) is 1. The van der Waals surface area contributed by atoms with Crippen molar-refractivity contribution in [3.05, 3.63) is 52.8 Å². The lowest BCUT2D eigenvalue weighted by Gasteiger charge is -2.06. The molecule has 0 aliphatic carbocycles. The van der Waals surface area contributed by atoms with Crippen molar-refractivity contribution in [1.29, 1.82) is 0 Å². The van der Waals surface area contributed by atoms with Gasteiger partial charge in [0, 0.05) is 18.0 Å². The number of methoxy groups -OCH3 is 1. The molecule has 4 nitrogen and oxygen atoms in total. The lowest BCUT2D eigenvalue weighted by molar-refractivity contribution is 0.415. The fraction of sp³-hybridized carbons (Fsp3) is 0.278. The third-order valence-electron chi connectivity index (χ3n) is 3.58. The first-order chi connectivity index (χ1) is 11.3. The third kappa shape index (κ3) is 3.56. The number of furan rings is 1. The number of thiazole rings is 1. The minimum absolute atomic E-state index is 0.814. The number of hydrogen-bond acceptors (Lipinski definition) is 4. The molecule has 0 amide bonds. The Balaban J connectivity index is 2.05. The second-order valence-electron chi connectivity index (χ2n) is 5.20. The highest BCUT2D eigenvalue weighted by molar-refractivity contribution is 7.07. The largest absolute Gasteiger partial charge is 0.497 e. The molecule has 0 saturated carbocycles. The Morgan fingerprint density at radius 3 is 2.91 bits per heavy atom. The highest BCUT2D eigenvalue weighted by Gasteiger charge is 2.10. The zero-order chi connectivity index (χ0) is 16.1. The molecule has 5 heteroatoms. The van der Waals surface area contributed by atoms with Gasteiger partial charge in [0.25, 0.3) is 0 Å². The van der Waals surface area contributed by atoms with Crippen LogP contribution < -0.4 is 9.54 Å². The van der Waals surface area contributed by atoms with Gasteiger partial charge in [-0.05, 0) is 30.7 Å². The summed E-state index contributed by atoms with van der Waals surface area (Å²) in [6, 6.07) is 11.7. The Morgan fingerprint density at radius 2 is 2.17 bits per heavy atom. The average Bonchev–Trinajstić information content (AvgIpc) is 3.23. The Kier molecular flexibility index (Phi) is 4.98. The van der Waals surface area contributed by atoms with Crippen LogP contribution in [0.15, 0.2) is 57.5 Å². The first-order valence-corrected chi connectivity index (χ1v) is 8.60. The molecule has 1 aromatic carbocycles. The molecular weight excluding hydrogens is 308 g/mol. The molecule has 0 spiro atoms. The van der Waals surface area contributed by atoms with Crippen molar-refractivity contribution in [3.63, 3.8) is 0 Å². The third-order valence-corrected chi connectivity index (χ3v) is 4.45. The van der Waals surface area contributed by atoms with Crippen LogP contribution in [0.4, 0.5) is 5.69 Å². The SMILES string of the molecule is CCCCn1c(-c2ccco2)csc1=Nc1cccc(OC)c1. The summed E-state index contributed by atoms with van der Waals surface area (Å²) in [6.45, 7) is 3.12. The number of hydrogen-bond donors (Lipinski definition) is 0. The fourth-order valence-corrected chi connectivity index (χ4v) is 3.30. The highest BCUT2D eigenvalue weighted by Crippen LogP contribution is 2.23. The van der Waals surface area contributed by atoms with Gasteiger partial charge < -0.3 is 13.7 Å². The molecule has 0 aliphatic rings. The van der Waals surface area contributed by atoms with Crippen LogP contribution >= 0.6 is 11.3 Å². The van der Waals surface area contributed by atoms with E-state index in [2.05, 4.69) is 16.9 Å². The van der Waals surface area contributed by atoms with Crippen LogP contribution in [0.3, 0.4) is 0 Å². The topological polar surface area (TPSA) is 39.7 Å². The fourth-order valence-electron chi connectivity index (χ4n) is 2.36. The van der Waals surface area contributed by atoms with E-state index >= 15 is 0 Å². The van der Waals surface area contributed by atoms with Gasteiger partial charge in [0.1, 0.15) is 5.75 Å². The zero-order valence-corrected chi connectivity index (χ0v) is 14.2. The quantitative estimate of drug-likeness (QED) is 0.649. The molecule has 0 N–H and O–H groups in total. The van der Waals surface area contributed by atoms with E-state index in [0.717, 1.165) is 47.1 Å². The first-order valence-electron chi connectivity index (χ1n) is 7.73. The molecule has 0 aliphatic heterocycles. The van der Waals surface area contributed by atoms with Crippen LogP contribution in [0.25, 0.3) is 11.5 Å². The summed E-state index contributed by atoms with van der Waals surface area (Å²) < 4.78 is 13.1. The molecular formula is C18H20N2O2S. The van der Waals surface area contributed by atoms with Gasteiger partial charge in [0.15, 0.2) is 10.6 Å². The van der Waals surface area contributed by atoms with Crippen LogP contribution in [0, 0.1) is 0 Å². The molecule has 0 radical (unpaired) electrons. The summed E-state index contributed by atoms with van der Waals surface area (Å²) in [5, 5.41) is 2.10. The van der Waals surface area contributed by atoms with E-state index in [9.17, 15) is 0 Å². The smallest absolute Gasteiger partial charge is 0.190 e. The van der Waals surface area contributed by atoms with E-state index in [-0.39, 0.29) is 0 Å². The maximum atomic E-state index is 5.56. The molecule has 3 aromatic rings. The molecule has 0 bridgehead atoms. The summed E-state index contributed by atoms with van der Waals surface area (Å²) >= 11 is 1.63. The van der Waals surface area contributed by atoms with Crippen molar-refractivity contribution >= 4 is 17.0 Å². The lowest BCUT2D eigenvalue weighted by atomic mass is 10.3. The number of benzene rings is 1. The Labute approximate surface area is 139 Å². The monoisotopic (exact) mass is 328 g/mol. The second kappa shape index (κ2) is 7.33. The van der Waals surface area contributed by atoms with Crippen molar-refractivity contribution in [2.75, 3.05) is 7.11 Å². The highest BCUT2D eigenvalue weighted by atomic mass is 32.1. The summed E-state index contributed by atoms with van der Waals surface area (Å²) in [7, 11) is 1.67. The minimum atomic E-state index is 0.814. The van der Waals surface area contributed by atoms with Gasteiger partial charge in [-0.25, -0.2) is 4.99 Å². The predicted octanol–water partition coefficient (Wildman–Crippen LogP) is 4.85. The Morgan fingerprint density at radius 1 is 1.26 bits per heavy atom. The maximum Gasteiger partial charge on any atom is 0.190 e. The molecule has 2 aromatic heterocycles. The predicted molar refractivity (Wildman–Crippen MR) is 93.1 cm³/mol. The van der Waals surface area contributed by atoms with E-state index in [1.807, 2.05) is 36.4 Å². The van der Waals surface area contributed by atoms with E-state index in [1.165, 1.54) is 0 Å². The second-order valence-corrected chi connectivity index (χ2v) is 6.04. The van der Waals surface area contributed by atoms with Crippen molar-refractivity contribution in [3.8, 4) is 17.2 Å². The maximum absolute atomic E-state index is 5.56. The van der Waals surface area contributed by atoms with Gasteiger partial charge in [-0.1, -0.05) is 19.4 Å². The molecule has 0 fully saturated rings. The number of nitrogens with zero attached hydrogens (tertiary/aromatic N) is 2. The molecule has 0 unspecified atom stereocenters. The van der Waals surface area contributed by atoms with Gasteiger partial charge in [-0.3, -0.25) is 0 Å². The van der Waals surface area contributed by atoms with Crippen LogP contribution in [0.1, 0.15) is 19.8 Å². The normalized spacial score (nSPS) is 11.8. The van der Waals surface area contributed by atoms with Gasteiger partial charge >= 0.3 is 0 Å². The van der Waals surface area contributed by atoms with E-state index in [4.69, 9.17) is 14.1 Å².